The lowest BCUT2D eigenvalue weighted by Crippen LogP contribution is -2.57. The Morgan fingerprint density at radius 3 is 2.55 bits per heavy atom. The molecule has 2 rings (SSSR count). The van der Waals surface area contributed by atoms with Gasteiger partial charge in [-0.3, -0.25) is 4.79 Å². The van der Waals surface area contributed by atoms with Crippen LogP contribution in [0.25, 0.3) is 0 Å². The molecule has 0 aliphatic carbocycles. The van der Waals surface area contributed by atoms with Crippen molar-refractivity contribution >= 4 is 23.5 Å². The van der Waals surface area contributed by atoms with Gasteiger partial charge in [-0.1, -0.05) is 11.6 Å². The van der Waals surface area contributed by atoms with Gasteiger partial charge in [0.05, 0.1) is 5.02 Å². The average molecular weight is 302 g/mol. The van der Waals surface area contributed by atoms with Gasteiger partial charge in [0, 0.05) is 31.6 Å². The van der Waals surface area contributed by atoms with Crippen molar-refractivity contribution in [3.63, 3.8) is 0 Å². The Morgan fingerprint density at radius 1 is 1.35 bits per heavy atom. The highest BCUT2D eigenvalue weighted by atomic mass is 35.5. The van der Waals surface area contributed by atoms with Gasteiger partial charge < -0.3 is 15.2 Å². The van der Waals surface area contributed by atoms with Gasteiger partial charge in [-0.05, 0) is 18.2 Å². The Kier molecular flexibility index (Phi) is 4.25. The molecule has 0 atom stereocenters. The lowest BCUT2D eigenvalue weighted by atomic mass is 9.89. The Labute approximate surface area is 119 Å². The molecule has 0 unspecified atom stereocenters. The first-order valence-electron chi connectivity index (χ1n) is 6.03. The zero-order valence-corrected chi connectivity index (χ0v) is 11.2. The van der Waals surface area contributed by atoms with E-state index in [-0.39, 0.29) is 36.6 Å². The van der Waals surface area contributed by atoms with Crippen LogP contribution in [0.3, 0.4) is 0 Å². The predicted molar refractivity (Wildman–Crippen MR) is 69.3 cm³/mol. The largest absolute Gasteiger partial charge is 0.480 e. The van der Waals surface area contributed by atoms with Crippen molar-refractivity contribution in [1.82, 2.24) is 5.32 Å². The van der Waals surface area contributed by atoms with Gasteiger partial charge in [-0.25, -0.2) is 9.18 Å². The summed E-state index contributed by atoms with van der Waals surface area (Å²) in [7, 11) is 0. The maximum absolute atomic E-state index is 13.3. The monoisotopic (exact) mass is 301 g/mol. The highest BCUT2D eigenvalue weighted by molar-refractivity contribution is 6.30. The van der Waals surface area contributed by atoms with Gasteiger partial charge in [0.1, 0.15) is 11.4 Å². The van der Waals surface area contributed by atoms with E-state index >= 15 is 0 Å². The molecule has 1 aliphatic heterocycles. The molecule has 1 saturated heterocycles. The van der Waals surface area contributed by atoms with Crippen molar-refractivity contribution < 1.29 is 23.8 Å². The second-order valence-corrected chi connectivity index (χ2v) is 4.99. The summed E-state index contributed by atoms with van der Waals surface area (Å²) >= 11 is 5.54. The SMILES string of the molecule is O=C(NC1(C(=O)O)CCOCC1)c1ccc(Cl)c(F)c1. The van der Waals surface area contributed by atoms with Gasteiger partial charge in [0.15, 0.2) is 0 Å². The lowest BCUT2D eigenvalue weighted by molar-refractivity contribution is -0.148. The number of benzene rings is 1. The molecule has 1 aromatic rings. The van der Waals surface area contributed by atoms with Crippen molar-refractivity contribution in [3.05, 3.63) is 34.6 Å². The minimum absolute atomic E-state index is 0.0269. The van der Waals surface area contributed by atoms with Gasteiger partial charge in [0.2, 0.25) is 0 Å². The first-order valence-corrected chi connectivity index (χ1v) is 6.41. The second kappa shape index (κ2) is 5.76. The number of carbonyl (C=O) groups is 2. The third-order valence-electron chi connectivity index (χ3n) is 3.29. The summed E-state index contributed by atoms with van der Waals surface area (Å²) in [6, 6.07) is 3.57. The zero-order chi connectivity index (χ0) is 14.8. The Balaban J connectivity index is 2.20. The van der Waals surface area contributed by atoms with Gasteiger partial charge in [-0.2, -0.15) is 0 Å². The molecule has 0 aromatic heterocycles. The minimum atomic E-state index is -1.37. The summed E-state index contributed by atoms with van der Waals surface area (Å²) in [5, 5.41) is 11.7. The molecule has 0 bridgehead atoms. The molecule has 1 heterocycles. The molecule has 5 nitrogen and oxygen atoms in total. The average Bonchev–Trinajstić information content (AvgIpc) is 2.42. The van der Waals surface area contributed by atoms with Crippen LogP contribution in [0.4, 0.5) is 4.39 Å². The maximum Gasteiger partial charge on any atom is 0.329 e. The normalized spacial score (nSPS) is 17.5. The smallest absolute Gasteiger partial charge is 0.329 e. The number of carboxylic acid groups (broad SMARTS) is 1. The number of rotatable bonds is 3. The predicted octanol–water partition coefficient (Wildman–Crippen LogP) is 1.84. The minimum Gasteiger partial charge on any atom is -0.480 e. The molecule has 1 aromatic carbocycles. The van der Waals surface area contributed by atoms with Crippen molar-refractivity contribution in [2.45, 2.75) is 18.4 Å². The van der Waals surface area contributed by atoms with E-state index in [9.17, 15) is 19.1 Å². The van der Waals surface area contributed by atoms with E-state index in [0.29, 0.717) is 0 Å². The summed E-state index contributed by atoms with van der Waals surface area (Å²) in [4.78, 5) is 23.5. The Bertz CT molecular complexity index is 543. The van der Waals surface area contributed by atoms with Crippen molar-refractivity contribution in [2.75, 3.05) is 13.2 Å². The van der Waals surface area contributed by atoms with Crippen molar-refractivity contribution in [2.24, 2.45) is 0 Å². The molecule has 1 aliphatic rings. The number of nitrogens with one attached hydrogen (secondary N) is 1. The molecular weight excluding hydrogens is 289 g/mol. The topological polar surface area (TPSA) is 75.6 Å². The second-order valence-electron chi connectivity index (χ2n) is 4.58. The fourth-order valence-corrected chi connectivity index (χ4v) is 2.16. The van der Waals surface area contributed by atoms with E-state index in [2.05, 4.69) is 5.32 Å². The number of hydrogen-bond acceptors (Lipinski definition) is 3. The first kappa shape index (κ1) is 14.7. The summed E-state index contributed by atoms with van der Waals surface area (Å²) in [6.45, 7) is 0.503. The number of aliphatic carboxylic acids is 1. The molecule has 108 valence electrons. The highest BCUT2D eigenvalue weighted by Gasteiger charge is 2.41. The number of amides is 1. The summed E-state index contributed by atoms with van der Waals surface area (Å²) in [5.74, 6) is -2.50. The van der Waals surface area contributed by atoms with Crippen LogP contribution in [-0.4, -0.2) is 35.7 Å². The third-order valence-corrected chi connectivity index (χ3v) is 3.60. The van der Waals surface area contributed by atoms with Gasteiger partial charge >= 0.3 is 5.97 Å². The summed E-state index contributed by atoms with van der Waals surface area (Å²) < 4.78 is 18.4. The zero-order valence-electron chi connectivity index (χ0n) is 10.5. The standard InChI is InChI=1S/C13H13ClFNO4/c14-9-2-1-8(7-10(9)15)11(17)16-13(12(18)19)3-5-20-6-4-13/h1-2,7H,3-6H2,(H,16,17)(H,18,19). The maximum atomic E-state index is 13.3. The molecule has 1 fully saturated rings. The van der Waals surface area contributed by atoms with E-state index in [4.69, 9.17) is 16.3 Å². The highest BCUT2D eigenvalue weighted by Crippen LogP contribution is 2.22. The van der Waals surface area contributed by atoms with E-state index in [0.717, 1.165) is 6.07 Å². The number of carbonyl (C=O) groups excluding carboxylic acids is 1. The van der Waals surface area contributed by atoms with E-state index in [1.807, 2.05) is 0 Å². The molecule has 20 heavy (non-hydrogen) atoms. The van der Waals surface area contributed by atoms with Crippen LogP contribution in [0.1, 0.15) is 23.2 Å². The molecule has 0 spiro atoms. The molecule has 0 radical (unpaired) electrons. The number of halogens is 2. The Morgan fingerprint density at radius 2 is 2.00 bits per heavy atom. The number of hydrogen-bond donors (Lipinski definition) is 2. The molecule has 2 N–H and O–H groups in total. The van der Waals surface area contributed by atoms with Crippen LogP contribution in [0.2, 0.25) is 5.02 Å². The van der Waals surface area contributed by atoms with Crippen LogP contribution in [-0.2, 0) is 9.53 Å². The third kappa shape index (κ3) is 2.91. The molecule has 0 saturated carbocycles. The van der Waals surface area contributed by atoms with E-state index in [1.54, 1.807) is 0 Å². The van der Waals surface area contributed by atoms with Crippen LogP contribution >= 0.6 is 11.6 Å². The van der Waals surface area contributed by atoms with Gasteiger partial charge in [-0.15, -0.1) is 0 Å². The van der Waals surface area contributed by atoms with Crippen LogP contribution in [0.5, 0.6) is 0 Å². The lowest BCUT2D eigenvalue weighted by Gasteiger charge is -2.33. The number of ether oxygens (including phenoxy) is 1. The quantitative estimate of drug-likeness (QED) is 0.893. The Hall–Kier alpha value is -1.66. The van der Waals surface area contributed by atoms with Gasteiger partial charge in [0.25, 0.3) is 5.91 Å². The fourth-order valence-electron chi connectivity index (χ4n) is 2.04. The van der Waals surface area contributed by atoms with Crippen molar-refractivity contribution in [3.8, 4) is 0 Å². The molecule has 1 amide bonds. The van der Waals surface area contributed by atoms with Crippen LogP contribution in [0.15, 0.2) is 18.2 Å². The van der Waals surface area contributed by atoms with E-state index < -0.39 is 23.2 Å². The summed E-state index contributed by atoms with van der Waals surface area (Å²) in [5.41, 5.74) is -1.34. The fraction of sp³-hybridized carbons (Fsp3) is 0.385. The van der Waals surface area contributed by atoms with E-state index in [1.165, 1.54) is 12.1 Å². The first-order chi connectivity index (χ1) is 9.44. The van der Waals surface area contributed by atoms with Crippen LogP contribution < -0.4 is 5.32 Å². The molecule has 7 heteroatoms. The molecular formula is C13H13ClFNO4. The van der Waals surface area contributed by atoms with Crippen molar-refractivity contribution in [1.29, 1.82) is 0 Å². The summed E-state index contributed by atoms with van der Waals surface area (Å²) in [6.07, 6.45) is 0.342. The number of carboxylic acids is 1. The van der Waals surface area contributed by atoms with Crippen LogP contribution in [0, 0.1) is 5.82 Å².